The van der Waals surface area contributed by atoms with Crippen molar-refractivity contribution in [2.24, 2.45) is 23.3 Å². The molecule has 3 amide bonds. The summed E-state index contributed by atoms with van der Waals surface area (Å²) in [7, 11) is 0. The molecule has 0 saturated carbocycles. The number of nitrogens with one attached hydrogen (secondary N) is 4. The zero-order chi connectivity index (χ0) is 48.3. The summed E-state index contributed by atoms with van der Waals surface area (Å²) < 4.78 is 18.5. The molecule has 5 aromatic carbocycles. The van der Waals surface area contributed by atoms with Crippen molar-refractivity contribution in [3.8, 4) is 22.6 Å². The number of hydrogen-bond acceptors (Lipinski definition) is 7. The smallest absolute Gasteiger partial charge is 0.338 e. The fraction of sp³-hybridized carbons (Fsp3) is 0.426. The summed E-state index contributed by atoms with van der Waals surface area (Å²) in [4.78, 5) is 58.5. The van der Waals surface area contributed by atoms with Crippen molar-refractivity contribution in [1.29, 1.82) is 0 Å². The van der Waals surface area contributed by atoms with E-state index in [2.05, 4.69) is 52.7 Å². The lowest BCUT2D eigenvalue weighted by Crippen LogP contribution is -3.00. The predicted octanol–water partition coefficient (Wildman–Crippen LogP) is 0.413. The number of carbonyl (C=O) groups is 4. The zero-order valence-corrected chi connectivity index (χ0v) is 45.2. The fourth-order valence-electron chi connectivity index (χ4n) is 7.71. The Kier molecular flexibility index (Phi) is 34.5. The molecule has 0 spiro atoms. The van der Waals surface area contributed by atoms with Gasteiger partial charge in [0, 0.05) is 16.1 Å². The van der Waals surface area contributed by atoms with Gasteiger partial charge in [0.25, 0.3) is 5.91 Å². The van der Waals surface area contributed by atoms with Gasteiger partial charge in [0.1, 0.15) is 36.2 Å². The Hall–Kier alpha value is -5.10. The van der Waals surface area contributed by atoms with Crippen LogP contribution in [0.2, 0.25) is 5.02 Å². The quantitative estimate of drug-likeness (QED) is 0.0176. The standard InChI is InChI=1S/C52H66ClN7O7.2CH4.2ClH.2H2S/c1-33(2)26-29-65-44-24-20-36-12-5-7-14-39(36)47(44)48-40-15-8-6-13-37(40)21-25-45(48)66-32-46(61)58-41(16-9-10-27-54)49(62)59-42(17-11-28-57-52(55)56)50(63)60-43(30-34(3)4)51(64)67-31-35-18-22-38(53)23-19-35;;;;;;/h5-8,12-15,18-25,33-34,41-43H,9-11,16-17,26-32,54H2,1-4H3,(H,58,61)(H,59,62)(H,60,63)(H4,55,56,57);2*1H4;2*1H;2*1H2/t41-,42-,43+;;;;;;/m1....../s1. The second-order valence-corrected chi connectivity index (χ2v) is 18.1. The van der Waals surface area contributed by atoms with E-state index in [0.717, 1.165) is 44.7 Å². The molecule has 0 radical (unpaired) electrons. The molecule has 19 heteroatoms. The molecule has 0 bridgehead atoms. The third-order valence-electron chi connectivity index (χ3n) is 11.2. The topological polar surface area (TPSA) is 226 Å². The van der Waals surface area contributed by atoms with E-state index in [-0.39, 0.29) is 98.0 Å². The highest BCUT2D eigenvalue weighted by Crippen LogP contribution is 2.45. The maximum absolute atomic E-state index is 14.2. The van der Waals surface area contributed by atoms with Gasteiger partial charge >= 0.3 is 11.9 Å². The minimum Gasteiger partial charge on any atom is -1.00 e. The Labute approximate surface area is 464 Å². The molecule has 5 aromatic rings. The van der Waals surface area contributed by atoms with Crippen LogP contribution in [-0.4, -0.2) is 74.1 Å². The number of carbonyl (C=O) groups excluding carboxylic acids is 4. The van der Waals surface area contributed by atoms with Gasteiger partial charge in [-0.25, -0.2) is 4.79 Å². The first kappa shape index (κ1) is 70.0. The third kappa shape index (κ3) is 22.1. The van der Waals surface area contributed by atoms with Crippen LogP contribution in [0.3, 0.4) is 0 Å². The molecule has 73 heavy (non-hydrogen) atoms. The van der Waals surface area contributed by atoms with Crippen molar-refractivity contribution in [2.75, 3.05) is 26.3 Å². The van der Waals surface area contributed by atoms with Gasteiger partial charge in [-0.1, -0.05) is 127 Å². The second kappa shape index (κ2) is 35.9. The van der Waals surface area contributed by atoms with Crippen LogP contribution in [0.5, 0.6) is 11.5 Å². The van der Waals surface area contributed by atoms with Crippen LogP contribution in [0, 0.1) is 11.8 Å². The van der Waals surface area contributed by atoms with E-state index in [1.165, 1.54) is 0 Å². The van der Waals surface area contributed by atoms with E-state index in [1.54, 1.807) is 24.3 Å². The van der Waals surface area contributed by atoms with E-state index in [4.69, 9.17) is 37.3 Å². The summed E-state index contributed by atoms with van der Waals surface area (Å²) in [6, 6.07) is 27.8. The number of rotatable bonds is 26. The average molecular weight is 1110 g/mol. The summed E-state index contributed by atoms with van der Waals surface area (Å²) in [5, 5.41) is 13.1. The monoisotopic (exact) mass is 1110 g/mol. The number of fused-ring (bicyclic) bond motifs is 2. The zero-order valence-electron chi connectivity index (χ0n) is 41.0. The molecule has 0 aromatic heterocycles. The molecule has 11 N–H and O–H groups in total. The van der Waals surface area contributed by atoms with Gasteiger partial charge in [-0.15, -0.1) is 0 Å². The van der Waals surface area contributed by atoms with Gasteiger partial charge in [-0.05, 0) is 108 Å². The second-order valence-electron chi connectivity index (χ2n) is 17.6. The number of amides is 3. The summed E-state index contributed by atoms with van der Waals surface area (Å²) >= 11 is 6.02. The molecular weight excluding hydrogens is 1030 g/mol. The lowest BCUT2D eigenvalue weighted by Gasteiger charge is -2.26. The summed E-state index contributed by atoms with van der Waals surface area (Å²) in [5.74, 6) is -0.618. The van der Waals surface area contributed by atoms with Crippen LogP contribution in [0.25, 0.3) is 32.7 Å². The number of unbranched alkanes of at least 4 members (excludes halogenated alkanes) is 1. The third-order valence-corrected chi connectivity index (χ3v) is 11.5. The Morgan fingerprint density at radius 2 is 1.16 bits per heavy atom. The van der Waals surface area contributed by atoms with Crippen molar-refractivity contribution < 1.29 is 68.9 Å². The molecule has 406 valence electrons. The van der Waals surface area contributed by atoms with Crippen molar-refractivity contribution in [3.63, 3.8) is 0 Å². The van der Waals surface area contributed by atoms with Crippen LogP contribution in [0.4, 0.5) is 0 Å². The maximum Gasteiger partial charge on any atom is 0.338 e. The minimum absolute atomic E-state index is 0. The SMILES string of the molecule is C.C.CC(C)CCOc1ccc2ccccc2c1-c1c(OCC(=O)N[C@H](CCCC[NH3+])C(=O)N[C@H](CCC[NH+]=C(N)N)C(=O)N[C@@H](CC(C)C)C(=O)OCc2ccc(Cl)cc2)ccc2ccccc12.S.S.[Cl-].[Cl-]. The summed E-state index contributed by atoms with van der Waals surface area (Å²) in [5.41, 5.74) is 17.5. The first-order chi connectivity index (χ1) is 32.2. The molecule has 0 unspecified atom stereocenters. The molecule has 3 atom stereocenters. The lowest BCUT2D eigenvalue weighted by molar-refractivity contribution is -0.459. The Balaban J connectivity index is 0. The van der Waals surface area contributed by atoms with Crippen LogP contribution in [-0.2, 0) is 30.5 Å². The lowest BCUT2D eigenvalue weighted by atomic mass is 9.92. The van der Waals surface area contributed by atoms with Crippen LogP contribution in [0.15, 0.2) is 97.1 Å². The van der Waals surface area contributed by atoms with Crippen molar-refractivity contribution >= 4 is 89.8 Å². The van der Waals surface area contributed by atoms with E-state index < -0.39 is 48.4 Å². The Bertz CT molecular complexity index is 2480. The van der Waals surface area contributed by atoms with Gasteiger partial charge in [-0.3, -0.25) is 30.8 Å². The number of nitrogens with two attached hydrogens (primary N) is 2. The van der Waals surface area contributed by atoms with E-state index >= 15 is 0 Å². The van der Waals surface area contributed by atoms with Crippen LogP contribution < -0.4 is 72.4 Å². The Morgan fingerprint density at radius 1 is 0.644 bits per heavy atom. The van der Waals surface area contributed by atoms with E-state index in [9.17, 15) is 19.2 Å². The minimum atomic E-state index is -1.09. The largest absolute Gasteiger partial charge is 1.00 e. The predicted molar refractivity (Wildman–Crippen MR) is 298 cm³/mol. The van der Waals surface area contributed by atoms with Crippen molar-refractivity contribution in [1.82, 2.24) is 16.0 Å². The first-order valence-corrected chi connectivity index (χ1v) is 23.6. The number of benzene rings is 5. The van der Waals surface area contributed by atoms with Gasteiger partial charge in [0.05, 0.1) is 19.7 Å². The highest BCUT2D eigenvalue weighted by molar-refractivity contribution is 7.59. The number of halogens is 3. The fourth-order valence-corrected chi connectivity index (χ4v) is 7.84. The molecule has 0 saturated heterocycles. The molecule has 14 nitrogen and oxygen atoms in total. The number of quaternary nitrogens is 1. The number of guanidine groups is 1. The van der Waals surface area contributed by atoms with Crippen molar-refractivity contribution in [2.45, 2.75) is 112 Å². The summed E-state index contributed by atoms with van der Waals surface area (Å²) in [6.45, 7) is 9.24. The number of hydrogen-bond donors (Lipinski definition) is 7. The maximum atomic E-state index is 14.2. The molecule has 0 heterocycles. The number of esters is 1. The van der Waals surface area contributed by atoms with Crippen LogP contribution in [0.1, 0.15) is 93.1 Å². The molecule has 5 rings (SSSR count). The van der Waals surface area contributed by atoms with E-state index in [1.807, 2.05) is 74.5 Å². The van der Waals surface area contributed by atoms with Gasteiger partial charge in [0.15, 0.2) is 6.61 Å². The molecule has 0 aliphatic rings. The molecule has 0 fully saturated rings. The number of ether oxygens (including phenoxy) is 3. The summed E-state index contributed by atoms with van der Waals surface area (Å²) in [6.07, 6.45) is 3.29. The molecule has 0 aliphatic carbocycles. The van der Waals surface area contributed by atoms with E-state index in [0.29, 0.717) is 67.8 Å². The average Bonchev–Trinajstić information content (AvgIpc) is 3.30. The van der Waals surface area contributed by atoms with Crippen molar-refractivity contribution in [3.05, 3.63) is 108 Å². The highest BCUT2D eigenvalue weighted by Gasteiger charge is 2.31. The van der Waals surface area contributed by atoms with Crippen LogP contribution >= 0.6 is 38.6 Å². The van der Waals surface area contributed by atoms with Gasteiger partial charge in [-0.2, -0.15) is 27.0 Å². The Morgan fingerprint density at radius 3 is 1.70 bits per heavy atom. The first-order valence-electron chi connectivity index (χ1n) is 23.3. The molecule has 0 aliphatic heterocycles. The highest BCUT2D eigenvalue weighted by atomic mass is 35.5. The van der Waals surface area contributed by atoms with Gasteiger partial charge < -0.3 is 60.7 Å². The van der Waals surface area contributed by atoms with Gasteiger partial charge in [0.2, 0.25) is 11.8 Å². The normalized spacial score (nSPS) is 11.6. The molecular formula is C54H80Cl3N7O7S2.